The maximum Gasteiger partial charge on any atom is 0.248 e. The van der Waals surface area contributed by atoms with E-state index in [0.717, 1.165) is 43.9 Å². The molecule has 0 spiro atoms. The van der Waals surface area contributed by atoms with Crippen molar-refractivity contribution in [2.75, 3.05) is 53.6 Å². The fourth-order valence-corrected chi connectivity index (χ4v) is 6.87. The highest BCUT2D eigenvalue weighted by Gasteiger charge is 2.43. The molecule has 1 aliphatic carbocycles. The Kier molecular flexibility index (Phi) is 12.7. The Morgan fingerprint density at radius 1 is 0.870 bits per heavy atom. The third kappa shape index (κ3) is 8.12. The Labute approximate surface area is 285 Å². The Hall–Kier alpha value is -2.95. The van der Waals surface area contributed by atoms with Gasteiger partial charge in [0.15, 0.2) is 0 Å². The highest BCUT2D eigenvalue weighted by Crippen LogP contribution is 2.42. The van der Waals surface area contributed by atoms with Crippen molar-refractivity contribution in [2.45, 2.75) is 63.3 Å². The van der Waals surface area contributed by atoms with Crippen LogP contribution >= 0.6 is 24.8 Å². The number of piperazine rings is 2. The smallest absolute Gasteiger partial charge is 0.248 e. The van der Waals surface area contributed by atoms with Crippen LogP contribution in [0, 0.1) is 0 Å². The van der Waals surface area contributed by atoms with Crippen molar-refractivity contribution in [2.24, 2.45) is 0 Å². The molecule has 1 aromatic heterocycles. The van der Waals surface area contributed by atoms with Gasteiger partial charge in [-0.3, -0.25) is 14.6 Å². The predicted molar refractivity (Wildman–Crippen MR) is 184 cm³/mol. The summed E-state index contributed by atoms with van der Waals surface area (Å²) in [4.78, 5) is 29.8. The van der Waals surface area contributed by atoms with Crippen molar-refractivity contribution < 1.29 is 19.0 Å². The standard InChI is InChI=1S/C35H45N5O4.2ClH/c1-24(2)44-35-29(34(43-4)36-33(37-35)27-15-16-27)21-38-19-28-20-39(31(41)23-42-3)17-18-40(28)30(22-38)32(25-11-7-5-8-12-25)26-13-9-6-10-14-26;;/h5-14,24,27-28,30,32H,15-23H2,1-4H3;2*1H. The number of aromatic nitrogens is 2. The number of halogens is 2. The van der Waals surface area contributed by atoms with Gasteiger partial charge in [0.2, 0.25) is 17.7 Å². The Morgan fingerprint density at radius 3 is 2.07 bits per heavy atom. The van der Waals surface area contributed by atoms with E-state index in [2.05, 4.69) is 70.5 Å². The predicted octanol–water partition coefficient (Wildman–Crippen LogP) is 5.17. The second-order valence-electron chi connectivity index (χ2n) is 12.5. The van der Waals surface area contributed by atoms with Gasteiger partial charge in [0.05, 0.1) is 18.8 Å². The van der Waals surface area contributed by atoms with E-state index in [9.17, 15) is 4.79 Å². The minimum absolute atomic E-state index is 0. The molecule has 6 rings (SSSR count). The molecule has 1 saturated carbocycles. The summed E-state index contributed by atoms with van der Waals surface area (Å²) in [6, 6.07) is 22.0. The van der Waals surface area contributed by atoms with Crippen LogP contribution in [0.25, 0.3) is 0 Å². The molecule has 2 aromatic carbocycles. The highest BCUT2D eigenvalue weighted by atomic mass is 35.5. The van der Waals surface area contributed by atoms with E-state index in [0.29, 0.717) is 37.3 Å². The first-order valence-electron chi connectivity index (χ1n) is 15.9. The van der Waals surface area contributed by atoms with Gasteiger partial charge in [-0.2, -0.15) is 9.97 Å². The molecule has 2 aliphatic heterocycles. The molecule has 0 N–H and O–H groups in total. The number of fused-ring (bicyclic) bond motifs is 1. The molecule has 1 amide bonds. The van der Waals surface area contributed by atoms with E-state index in [1.165, 1.54) is 11.1 Å². The van der Waals surface area contributed by atoms with Gasteiger partial charge in [-0.05, 0) is 37.8 Å². The molecule has 3 aliphatic rings. The van der Waals surface area contributed by atoms with Gasteiger partial charge in [0.25, 0.3) is 0 Å². The fraction of sp³-hybridized carbons (Fsp3) is 0.514. The van der Waals surface area contributed by atoms with Gasteiger partial charge >= 0.3 is 0 Å². The van der Waals surface area contributed by atoms with E-state index in [4.69, 9.17) is 24.2 Å². The maximum atomic E-state index is 12.9. The van der Waals surface area contributed by atoms with Crippen LogP contribution in [0.1, 0.15) is 61.0 Å². The molecule has 3 heterocycles. The summed E-state index contributed by atoms with van der Waals surface area (Å²) in [5.74, 6) is 2.62. The monoisotopic (exact) mass is 671 g/mol. The number of ether oxygens (including phenoxy) is 3. The molecule has 250 valence electrons. The third-order valence-corrected chi connectivity index (χ3v) is 9.00. The quantitative estimate of drug-likeness (QED) is 0.276. The van der Waals surface area contributed by atoms with Crippen LogP contribution in [0.5, 0.6) is 11.8 Å². The molecule has 3 fully saturated rings. The fourth-order valence-electron chi connectivity index (χ4n) is 6.87. The lowest BCUT2D eigenvalue weighted by atomic mass is 9.81. The molecular weight excluding hydrogens is 625 g/mol. The van der Waals surface area contributed by atoms with Crippen molar-refractivity contribution in [1.29, 1.82) is 0 Å². The first-order chi connectivity index (χ1) is 21.4. The Bertz CT molecular complexity index is 1370. The molecule has 2 atom stereocenters. The zero-order valence-corrected chi connectivity index (χ0v) is 28.8. The van der Waals surface area contributed by atoms with Crippen LogP contribution in [0.2, 0.25) is 0 Å². The van der Waals surface area contributed by atoms with Gasteiger partial charge in [0, 0.05) is 70.3 Å². The Morgan fingerprint density at radius 2 is 1.50 bits per heavy atom. The lowest BCUT2D eigenvalue weighted by Crippen LogP contribution is -2.67. The summed E-state index contributed by atoms with van der Waals surface area (Å²) < 4.78 is 17.4. The molecule has 0 bridgehead atoms. The number of rotatable bonds is 11. The maximum absolute atomic E-state index is 12.9. The normalized spacial score (nSPS) is 20.1. The number of amides is 1. The van der Waals surface area contributed by atoms with Crippen LogP contribution in [0.15, 0.2) is 60.7 Å². The molecule has 2 unspecified atom stereocenters. The summed E-state index contributed by atoms with van der Waals surface area (Å²) in [5.41, 5.74) is 3.47. The summed E-state index contributed by atoms with van der Waals surface area (Å²) in [6.07, 6.45) is 2.19. The second-order valence-corrected chi connectivity index (χ2v) is 12.5. The van der Waals surface area contributed by atoms with E-state index in [1.807, 2.05) is 18.7 Å². The van der Waals surface area contributed by atoms with Gasteiger partial charge in [-0.1, -0.05) is 60.7 Å². The number of hydrogen-bond acceptors (Lipinski definition) is 8. The largest absolute Gasteiger partial charge is 0.481 e. The number of hydrogen-bond donors (Lipinski definition) is 0. The molecule has 0 radical (unpaired) electrons. The van der Waals surface area contributed by atoms with Crippen molar-refractivity contribution >= 4 is 30.7 Å². The van der Waals surface area contributed by atoms with Crippen LogP contribution in [0.4, 0.5) is 0 Å². The average Bonchev–Trinajstić information content (AvgIpc) is 3.88. The first kappa shape index (κ1) is 35.9. The number of carbonyl (C=O) groups excluding carboxylic acids is 1. The topological polar surface area (TPSA) is 80.3 Å². The molecule has 3 aromatic rings. The highest BCUT2D eigenvalue weighted by molar-refractivity contribution is 5.85. The van der Waals surface area contributed by atoms with Gasteiger partial charge in [0.1, 0.15) is 12.4 Å². The lowest BCUT2D eigenvalue weighted by molar-refractivity contribution is -0.140. The van der Waals surface area contributed by atoms with E-state index in [-0.39, 0.29) is 61.4 Å². The van der Waals surface area contributed by atoms with Gasteiger partial charge < -0.3 is 19.1 Å². The van der Waals surface area contributed by atoms with E-state index >= 15 is 0 Å². The number of benzene rings is 2. The Balaban J connectivity index is 0.00000240. The molecule has 9 nitrogen and oxygen atoms in total. The zero-order chi connectivity index (χ0) is 30.6. The van der Waals surface area contributed by atoms with Crippen LogP contribution in [0.3, 0.4) is 0 Å². The minimum atomic E-state index is -0.0238. The van der Waals surface area contributed by atoms with Crippen LogP contribution < -0.4 is 9.47 Å². The van der Waals surface area contributed by atoms with Crippen molar-refractivity contribution in [1.82, 2.24) is 24.7 Å². The van der Waals surface area contributed by atoms with Crippen LogP contribution in [-0.2, 0) is 16.1 Å². The summed E-state index contributed by atoms with van der Waals surface area (Å²) in [7, 11) is 3.27. The minimum Gasteiger partial charge on any atom is -0.481 e. The van der Waals surface area contributed by atoms with Crippen LogP contribution in [-0.4, -0.2) is 102 Å². The van der Waals surface area contributed by atoms with E-state index < -0.39 is 0 Å². The SMILES string of the molecule is COCC(=O)N1CCN2C(CN(Cc3c(OC)nc(C4CC4)nc3OC(C)C)CC2C(c2ccccc2)c2ccccc2)C1.Cl.Cl. The third-order valence-electron chi connectivity index (χ3n) is 9.00. The molecule has 2 saturated heterocycles. The van der Waals surface area contributed by atoms with Crippen molar-refractivity contribution in [3.8, 4) is 11.8 Å². The summed E-state index contributed by atoms with van der Waals surface area (Å²) >= 11 is 0. The molecular formula is C35H47Cl2N5O4. The zero-order valence-electron chi connectivity index (χ0n) is 27.2. The number of methoxy groups -OCH3 is 2. The van der Waals surface area contributed by atoms with Crippen molar-refractivity contribution in [3.05, 3.63) is 83.2 Å². The lowest BCUT2D eigenvalue weighted by Gasteiger charge is -2.53. The number of carbonyl (C=O) groups is 1. The average molecular weight is 673 g/mol. The van der Waals surface area contributed by atoms with Crippen molar-refractivity contribution in [3.63, 3.8) is 0 Å². The summed E-state index contributed by atoms with van der Waals surface area (Å²) in [6.45, 7) is 8.58. The van der Waals surface area contributed by atoms with Gasteiger partial charge in [-0.25, -0.2) is 0 Å². The number of nitrogens with zero attached hydrogens (tertiary/aromatic N) is 5. The first-order valence-corrected chi connectivity index (χ1v) is 15.9. The van der Waals surface area contributed by atoms with E-state index in [1.54, 1.807) is 14.2 Å². The summed E-state index contributed by atoms with van der Waals surface area (Å²) in [5, 5.41) is 0. The molecule has 46 heavy (non-hydrogen) atoms. The second kappa shape index (κ2) is 16.2. The van der Waals surface area contributed by atoms with Gasteiger partial charge in [-0.15, -0.1) is 24.8 Å². The molecule has 11 heteroatoms.